The van der Waals surface area contributed by atoms with E-state index in [1.54, 1.807) is 52.0 Å². The molecule has 0 fully saturated rings. The summed E-state index contributed by atoms with van der Waals surface area (Å²) in [5.41, 5.74) is -0.572. The van der Waals surface area contributed by atoms with Crippen molar-refractivity contribution in [1.29, 1.82) is 0 Å². The molecule has 0 bridgehead atoms. The predicted octanol–water partition coefficient (Wildman–Crippen LogP) is 6.21. The van der Waals surface area contributed by atoms with Crippen molar-refractivity contribution in [2.24, 2.45) is 4.99 Å². The van der Waals surface area contributed by atoms with Gasteiger partial charge in [0.2, 0.25) is 0 Å². The number of hydrogen-bond donors (Lipinski definition) is 0. The minimum absolute atomic E-state index is 0.0392. The van der Waals surface area contributed by atoms with Gasteiger partial charge in [0.05, 0.1) is 23.5 Å². The molecule has 0 aromatic heterocycles. The summed E-state index contributed by atoms with van der Waals surface area (Å²) in [5.74, 6) is -3.44. The Bertz CT molecular complexity index is 964. The van der Waals surface area contributed by atoms with Crippen molar-refractivity contribution in [3.05, 3.63) is 63.6 Å². The molecular weight excluding hydrogens is 491 g/mol. The van der Waals surface area contributed by atoms with Gasteiger partial charge in [-0.2, -0.15) is 13.2 Å². The maximum Gasteiger partial charge on any atom is 0.416 e. The molecule has 2 aromatic rings. The van der Waals surface area contributed by atoms with E-state index in [4.69, 9.17) is 9.47 Å². The van der Waals surface area contributed by atoms with Crippen LogP contribution in [0.3, 0.4) is 0 Å². The smallest absolute Gasteiger partial charge is 0.416 e. The number of carbonyl (C=O) groups excluding carboxylic acids is 2. The molecule has 2 rings (SSSR count). The van der Waals surface area contributed by atoms with E-state index in [0.29, 0.717) is 5.56 Å². The highest BCUT2D eigenvalue weighted by Crippen LogP contribution is 2.37. The van der Waals surface area contributed by atoms with Crippen LogP contribution in [0.15, 0.2) is 51.9 Å². The van der Waals surface area contributed by atoms with Crippen LogP contribution < -0.4 is 0 Å². The monoisotopic (exact) mass is 513 g/mol. The van der Waals surface area contributed by atoms with E-state index in [1.807, 2.05) is 0 Å². The molecule has 172 valence electrons. The van der Waals surface area contributed by atoms with Crippen molar-refractivity contribution in [2.75, 3.05) is 0 Å². The van der Waals surface area contributed by atoms with Crippen LogP contribution in [0.1, 0.15) is 50.3 Å². The number of nitrogens with zero attached hydrogens (tertiary/aromatic N) is 1. The average Bonchev–Trinajstić information content (AvgIpc) is 2.66. The lowest BCUT2D eigenvalue weighted by atomic mass is 9.95. The summed E-state index contributed by atoms with van der Waals surface area (Å²) in [6.07, 6.45) is -4.36. The number of carbonyl (C=O) groups is 2. The largest absolute Gasteiger partial charge is 0.462 e. The third-order valence-corrected chi connectivity index (χ3v) is 4.60. The van der Waals surface area contributed by atoms with E-state index in [1.165, 1.54) is 6.21 Å². The maximum atomic E-state index is 13.3. The molecule has 0 aliphatic rings. The number of alkyl halides is 3. The molecular formula is C23H23BrF3NO4. The molecule has 0 unspecified atom stereocenters. The van der Waals surface area contributed by atoms with Crippen molar-refractivity contribution in [1.82, 2.24) is 0 Å². The molecule has 0 radical (unpaired) electrons. The van der Waals surface area contributed by atoms with Crippen molar-refractivity contribution in [3.8, 4) is 0 Å². The lowest BCUT2D eigenvalue weighted by molar-refractivity contribution is -0.161. The molecule has 32 heavy (non-hydrogen) atoms. The third kappa shape index (κ3) is 7.19. The summed E-state index contributed by atoms with van der Waals surface area (Å²) in [4.78, 5) is 29.6. The molecule has 0 heterocycles. The second kappa shape index (κ2) is 10.8. The van der Waals surface area contributed by atoms with Gasteiger partial charge in [-0.3, -0.25) is 14.6 Å². The van der Waals surface area contributed by atoms with Gasteiger partial charge in [-0.05, 0) is 57.5 Å². The van der Waals surface area contributed by atoms with Crippen LogP contribution in [-0.4, -0.2) is 30.4 Å². The standard InChI is InChI=1S/C23H23BrF3NO4/c1-13(2)31-21(29)20(22(30)32-14(3)4)18-10-7-16(23(25,26)27)11-19(18)28-12-15-5-8-17(24)9-6-15/h5-14,20H,1-4H3. The van der Waals surface area contributed by atoms with Gasteiger partial charge in [-0.25, -0.2) is 0 Å². The molecule has 0 aliphatic heterocycles. The van der Waals surface area contributed by atoms with Crippen LogP contribution in [0.5, 0.6) is 0 Å². The van der Waals surface area contributed by atoms with Gasteiger partial charge >= 0.3 is 18.1 Å². The second-order valence-corrected chi connectivity index (χ2v) is 8.40. The normalized spacial score (nSPS) is 12.1. The zero-order valence-electron chi connectivity index (χ0n) is 17.9. The fraction of sp³-hybridized carbons (Fsp3) is 0.348. The predicted molar refractivity (Wildman–Crippen MR) is 118 cm³/mol. The molecule has 0 aliphatic carbocycles. The Morgan fingerprint density at radius 3 is 1.94 bits per heavy atom. The first-order valence-corrected chi connectivity index (χ1v) is 10.6. The zero-order valence-corrected chi connectivity index (χ0v) is 19.5. The number of aliphatic imine (C=N–C) groups is 1. The lowest BCUT2D eigenvalue weighted by Gasteiger charge is -2.20. The fourth-order valence-electron chi connectivity index (χ4n) is 2.72. The van der Waals surface area contributed by atoms with Crippen LogP contribution in [0.4, 0.5) is 18.9 Å². The minimum atomic E-state index is -4.63. The molecule has 0 saturated carbocycles. The first-order chi connectivity index (χ1) is 14.9. The Labute approximate surface area is 192 Å². The highest BCUT2D eigenvalue weighted by Gasteiger charge is 2.37. The summed E-state index contributed by atoms with van der Waals surface area (Å²) in [6, 6.07) is 9.56. The van der Waals surface area contributed by atoms with Crippen molar-refractivity contribution >= 4 is 39.8 Å². The van der Waals surface area contributed by atoms with Gasteiger partial charge in [0.25, 0.3) is 0 Å². The number of ether oxygens (including phenoxy) is 2. The van der Waals surface area contributed by atoms with Gasteiger partial charge in [0, 0.05) is 16.3 Å². The van der Waals surface area contributed by atoms with E-state index >= 15 is 0 Å². The summed E-state index contributed by atoms with van der Waals surface area (Å²) in [7, 11) is 0. The van der Waals surface area contributed by atoms with Crippen LogP contribution in [0, 0.1) is 0 Å². The van der Waals surface area contributed by atoms with E-state index in [2.05, 4.69) is 20.9 Å². The molecule has 0 saturated heterocycles. The van der Waals surface area contributed by atoms with E-state index < -0.39 is 41.8 Å². The van der Waals surface area contributed by atoms with Crippen molar-refractivity contribution in [3.63, 3.8) is 0 Å². The van der Waals surface area contributed by atoms with E-state index in [0.717, 1.165) is 22.7 Å². The quantitative estimate of drug-likeness (QED) is 0.251. The van der Waals surface area contributed by atoms with Gasteiger partial charge < -0.3 is 9.47 Å². The number of esters is 2. The van der Waals surface area contributed by atoms with E-state index in [9.17, 15) is 22.8 Å². The fourth-order valence-corrected chi connectivity index (χ4v) is 2.98. The Hall–Kier alpha value is -2.68. The highest BCUT2D eigenvalue weighted by atomic mass is 79.9. The third-order valence-electron chi connectivity index (χ3n) is 4.07. The van der Waals surface area contributed by atoms with Gasteiger partial charge in [-0.15, -0.1) is 0 Å². The summed E-state index contributed by atoms with van der Waals surface area (Å²) in [6.45, 7) is 6.40. The zero-order chi connectivity index (χ0) is 24.1. The average molecular weight is 514 g/mol. The van der Waals surface area contributed by atoms with Crippen molar-refractivity contribution < 1.29 is 32.2 Å². The molecule has 0 atom stereocenters. The van der Waals surface area contributed by atoms with Crippen LogP contribution in [0.25, 0.3) is 0 Å². The van der Waals surface area contributed by atoms with E-state index in [-0.39, 0.29) is 11.3 Å². The van der Waals surface area contributed by atoms with Gasteiger partial charge in [0.15, 0.2) is 5.92 Å². The first-order valence-electron chi connectivity index (χ1n) is 9.80. The number of rotatable bonds is 7. The van der Waals surface area contributed by atoms with Crippen LogP contribution in [-0.2, 0) is 25.2 Å². The second-order valence-electron chi connectivity index (χ2n) is 7.49. The Balaban J connectivity index is 2.61. The van der Waals surface area contributed by atoms with Gasteiger partial charge in [-0.1, -0.05) is 34.1 Å². The molecule has 0 amide bonds. The molecule has 9 heteroatoms. The number of hydrogen-bond acceptors (Lipinski definition) is 5. The van der Waals surface area contributed by atoms with Crippen LogP contribution >= 0.6 is 15.9 Å². The maximum absolute atomic E-state index is 13.3. The number of benzene rings is 2. The Morgan fingerprint density at radius 1 is 0.938 bits per heavy atom. The number of halogens is 4. The molecule has 0 spiro atoms. The lowest BCUT2D eigenvalue weighted by Crippen LogP contribution is -2.29. The summed E-state index contributed by atoms with van der Waals surface area (Å²) in [5, 5.41) is 0. The molecule has 2 aromatic carbocycles. The summed E-state index contributed by atoms with van der Waals surface area (Å²) < 4.78 is 51.2. The van der Waals surface area contributed by atoms with Gasteiger partial charge in [0.1, 0.15) is 0 Å². The highest BCUT2D eigenvalue weighted by molar-refractivity contribution is 9.10. The summed E-state index contributed by atoms with van der Waals surface area (Å²) >= 11 is 3.30. The SMILES string of the molecule is CC(C)OC(=O)C(C(=O)OC(C)C)c1ccc(C(F)(F)F)cc1N=Cc1ccc(Br)cc1. The van der Waals surface area contributed by atoms with Crippen LogP contribution in [0.2, 0.25) is 0 Å². The Kier molecular flexibility index (Phi) is 8.60. The topological polar surface area (TPSA) is 65.0 Å². The molecule has 5 nitrogen and oxygen atoms in total. The molecule has 0 N–H and O–H groups in total. The minimum Gasteiger partial charge on any atom is -0.462 e. The van der Waals surface area contributed by atoms with Crippen molar-refractivity contribution in [2.45, 2.75) is 52.0 Å². The Morgan fingerprint density at radius 2 is 1.47 bits per heavy atom. The first kappa shape index (κ1) is 25.6.